The number of hydrogen-bond acceptors (Lipinski definition) is 4. The fraction of sp³-hybridized carbons (Fsp3) is 0.133. The number of para-hydroxylation sites is 1. The molecule has 0 saturated carbocycles. The Bertz CT molecular complexity index is 658. The van der Waals surface area contributed by atoms with E-state index in [0.29, 0.717) is 12.2 Å². The molecule has 0 bridgehead atoms. The second-order valence-corrected chi connectivity index (χ2v) is 4.45. The van der Waals surface area contributed by atoms with Gasteiger partial charge in [-0.25, -0.2) is 0 Å². The van der Waals surface area contributed by atoms with Gasteiger partial charge in [0.1, 0.15) is 11.5 Å². The van der Waals surface area contributed by atoms with Crippen molar-refractivity contribution in [2.45, 2.75) is 12.7 Å². The van der Waals surface area contributed by atoms with Gasteiger partial charge in [0, 0.05) is 17.5 Å². The summed E-state index contributed by atoms with van der Waals surface area (Å²) in [7, 11) is 0. The molecular formula is C15H13NaO4. The topological polar surface area (TPSA) is 66.8 Å². The standard InChI is InChI=1S/C15H12O4.Na.H/c16-14(15(17)18)10-5-6-13-11(8-10)7-9-3-1-2-4-12(9)19-13;;/h1-6,8,15,17-18H,7H2;;/q;+1;-1. The maximum absolute atomic E-state index is 11.5. The van der Waals surface area contributed by atoms with E-state index >= 15 is 0 Å². The van der Waals surface area contributed by atoms with Gasteiger partial charge in [0.05, 0.1) is 0 Å². The molecule has 98 valence electrons. The fourth-order valence-electron chi connectivity index (χ4n) is 2.19. The summed E-state index contributed by atoms with van der Waals surface area (Å²) in [5, 5.41) is 17.8. The van der Waals surface area contributed by atoms with E-state index in [0.717, 1.165) is 16.9 Å². The van der Waals surface area contributed by atoms with E-state index < -0.39 is 12.1 Å². The predicted octanol–water partition coefficient (Wildman–Crippen LogP) is -1.01. The largest absolute Gasteiger partial charge is 1.00 e. The maximum atomic E-state index is 11.5. The van der Waals surface area contributed by atoms with Crippen LogP contribution in [-0.2, 0) is 6.42 Å². The minimum Gasteiger partial charge on any atom is -1.00 e. The molecule has 0 spiro atoms. The van der Waals surface area contributed by atoms with Crippen molar-refractivity contribution in [2.24, 2.45) is 0 Å². The quantitative estimate of drug-likeness (QED) is 0.359. The van der Waals surface area contributed by atoms with Crippen molar-refractivity contribution in [3.63, 3.8) is 0 Å². The second kappa shape index (κ2) is 6.08. The number of rotatable bonds is 2. The summed E-state index contributed by atoms with van der Waals surface area (Å²) >= 11 is 0. The summed E-state index contributed by atoms with van der Waals surface area (Å²) in [6.07, 6.45) is -1.32. The molecule has 5 heteroatoms. The van der Waals surface area contributed by atoms with Crippen LogP contribution in [0.15, 0.2) is 42.5 Å². The first-order valence-corrected chi connectivity index (χ1v) is 5.94. The first-order valence-electron chi connectivity index (χ1n) is 5.94. The smallest absolute Gasteiger partial charge is 1.00 e. The molecule has 4 nitrogen and oxygen atoms in total. The molecule has 1 aliphatic heterocycles. The molecule has 2 aromatic rings. The number of aliphatic hydroxyl groups excluding tert-OH is 1. The van der Waals surface area contributed by atoms with Gasteiger partial charge in [-0.15, -0.1) is 0 Å². The Morgan fingerprint density at radius 3 is 2.55 bits per heavy atom. The van der Waals surface area contributed by atoms with E-state index in [2.05, 4.69) is 0 Å². The van der Waals surface area contributed by atoms with Crippen LogP contribution in [-0.4, -0.2) is 22.3 Å². The summed E-state index contributed by atoms with van der Waals surface area (Å²) in [6, 6.07) is 12.6. The van der Waals surface area contributed by atoms with Crippen LogP contribution in [0, 0.1) is 0 Å². The SMILES string of the molecule is O=C(c1ccc2c(c1)Cc1ccccc1O2)C(O)O.[H-].[Na+]. The molecule has 0 aromatic heterocycles. The number of ketones is 1. The number of Topliss-reactive ketones (excluding diaryl/α,β-unsaturated/α-hetero) is 1. The average molecular weight is 280 g/mol. The van der Waals surface area contributed by atoms with Gasteiger partial charge in [-0.05, 0) is 29.8 Å². The van der Waals surface area contributed by atoms with Gasteiger partial charge >= 0.3 is 29.6 Å². The van der Waals surface area contributed by atoms with Crippen molar-refractivity contribution < 1.29 is 50.7 Å². The first kappa shape index (κ1) is 15.2. The Balaban J connectivity index is 0.00000110. The molecule has 1 heterocycles. The third-order valence-electron chi connectivity index (χ3n) is 3.15. The van der Waals surface area contributed by atoms with Crippen LogP contribution in [0.2, 0.25) is 0 Å². The molecule has 2 N–H and O–H groups in total. The van der Waals surface area contributed by atoms with Gasteiger partial charge in [0.2, 0.25) is 12.1 Å². The molecule has 2 aromatic carbocycles. The molecule has 0 atom stereocenters. The Kier molecular flexibility index (Phi) is 4.62. The molecule has 0 unspecified atom stereocenters. The average Bonchev–Trinajstić information content (AvgIpc) is 2.43. The van der Waals surface area contributed by atoms with Crippen molar-refractivity contribution in [1.29, 1.82) is 0 Å². The van der Waals surface area contributed by atoms with Crippen molar-refractivity contribution in [3.05, 3.63) is 59.2 Å². The Hall–Kier alpha value is -1.17. The zero-order valence-corrected chi connectivity index (χ0v) is 13.0. The summed E-state index contributed by atoms with van der Waals surface area (Å²) in [5.41, 5.74) is 2.19. The van der Waals surface area contributed by atoms with Gasteiger partial charge in [-0.3, -0.25) is 4.79 Å². The zero-order valence-electron chi connectivity index (χ0n) is 12.0. The third kappa shape index (κ3) is 2.80. The summed E-state index contributed by atoms with van der Waals surface area (Å²) in [5.74, 6) is 0.806. The number of aliphatic hydroxyl groups is 2. The molecule has 20 heavy (non-hydrogen) atoms. The van der Waals surface area contributed by atoms with Crippen LogP contribution in [0.25, 0.3) is 0 Å². The van der Waals surface area contributed by atoms with E-state index in [1.54, 1.807) is 12.1 Å². The van der Waals surface area contributed by atoms with Crippen LogP contribution in [0.4, 0.5) is 0 Å². The van der Waals surface area contributed by atoms with E-state index in [-0.39, 0.29) is 36.5 Å². The molecule has 3 rings (SSSR count). The molecule has 1 aliphatic rings. The monoisotopic (exact) mass is 280 g/mol. The summed E-state index contributed by atoms with van der Waals surface area (Å²) in [4.78, 5) is 11.5. The van der Waals surface area contributed by atoms with Gasteiger partial charge in [-0.2, -0.15) is 0 Å². The van der Waals surface area contributed by atoms with Gasteiger partial charge in [-0.1, -0.05) is 18.2 Å². The minimum atomic E-state index is -1.98. The van der Waals surface area contributed by atoms with E-state index in [4.69, 9.17) is 14.9 Å². The van der Waals surface area contributed by atoms with Gasteiger partial charge < -0.3 is 16.4 Å². The fourth-order valence-corrected chi connectivity index (χ4v) is 2.19. The number of hydrogen-bond donors (Lipinski definition) is 2. The number of carbonyl (C=O) groups excluding carboxylic acids is 1. The number of carbonyl (C=O) groups is 1. The molecule has 0 fully saturated rings. The predicted molar refractivity (Wildman–Crippen MR) is 69.4 cm³/mol. The third-order valence-corrected chi connectivity index (χ3v) is 3.15. The number of benzene rings is 2. The molecule has 0 amide bonds. The molecule has 0 aliphatic carbocycles. The molecule has 0 radical (unpaired) electrons. The Morgan fingerprint density at radius 1 is 1.10 bits per heavy atom. The minimum absolute atomic E-state index is 0. The Morgan fingerprint density at radius 2 is 1.80 bits per heavy atom. The maximum Gasteiger partial charge on any atom is 1.00 e. The summed E-state index contributed by atoms with van der Waals surface area (Å²) < 4.78 is 5.74. The normalized spacial score (nSPS) is 11.9. The number of ether oxygens (including phenoxy) is 1. The van der Waals surface area contributed by atoms with Crippen molar-refractivity contribution in [3.8, 4) is 11.5 Å². The molecular weight excluding hydrogens is 267 g/mol. The first-order chi connectivity index (χ1) is 9.15. The van der Waals surface area contributed by atoms with E-state index in [1.807, 2.05) is 24.3 Å². The Labute approximate surface area is 139 Å². The van der Waals surface area contributed by atoms with Crippen LogP contribution in [0.3, 0.4) is 0 Å². The van der Waals surface area contributed by atoms with Crippen LogP contribution in [0.5, 0.6) is 11.5 Å². The van der Waals surface area contributed by atoms with E-state index in [9.17, 15) is 4.79 Å². The van der Waals surface area contributed by atoms with Crippen LogP contribution >= 0.6 is 0 Å². The van der Waals surface area contributed by atoms with Gasteiger partial charge in [0.15, 0.2) is 0 Å². The summed E-state index contributed by atoms with van der Waals surface area (Å²) in [6.45, 7) is 0. The number of fused-ring (bicyclic) bond motifs is 2. The van der Waals surface area contributed by atoms with Crippen LogP contribution < -0.4 is 34.3 Å². The molecule has 0 saturated heterocycles. The van der Waals surface area contributed by atoms with Crippen LogP contribution in [0.1, 0.15) is 22.9 Å². The van der Waals surface area contributed by atoms with Gasteiger partial charge in [0.25, 0.3) is 0 Å². The van der Waals surface area contributed by atoms with Crippen molar-refractivity contribution in [2.75, 3.05) is 0 Å². The van der Waals surface area contributed by atoms with Crippen molar-refractivity contribution in [1.82, 2.24) is 0 Å². The van der Waals surface area contributed by atoms with E-state index in [1.165, 1.54) is 6.07 Å². The second-order valence-electron chi connectivity index (χ2n) is 4.45. The zero-order chi connectivity index (χ0) is 13.4. The van der Waals surface area contributed by atoms with Crippen molar-refractivity contribution >= 4 is 5.78 Å².